The van der Waals surface area contributed by atoms with Gasteiger partial charge in [-0.05, 0) is 85.8 Å². The lowest BCUT2D eigenvalue weighted by Crippen LogP contribution is -2.41. The van der Waals surface area contributed by atoms with E-state index in [1.54, 1.807) is 24.3 Å². The molecule has 2 N–H and O–H groups in total. The molecule has 5 rings (SSSR count). The molecule has 3 aromatic rings. The molecule has 0 radical (unpaired) electrons. The van der Waals surface area contributed by atoms with Crippen LogP contribution < -0.4 is 14.9 Å². The van der Waals surface area contributed by atoms with Crippen molar-refractivity contribution in [2.24, 2.45) is 0 Å². The van der Waals surface area contributed by atoms with Gasteiger partial charge < -0.3 is 5.32 Å². The fraction of sp³-hybridized carbons (Fsp3) is 0.345. The van der Waals surface area contributed by atoms with Crippen LogP contribution in [0.4, 0.5) is 10.5 Å². The van der Waals surface area contributed by atoms with E-state index in [4.69, 9.17) is 0 Å². The molecule has 188 valence electrons. The Hall–Kier alpha value is -3.16. The Kier molecular flexibility index (Phi) is 6.39. The van der Waals surface area contributed by atoms with Gasteiger partial charge in [0.15, 0.2) is 0 Å². The van der Waals surface area contributed by atoms with Gasteiger partial charge in [0.2, 0.25) is 10.0 Å². The number of carbonyl (C=O) groups excluding carboxylic acids is 1. The van der Waals surface area contributed by atoms with Crippen molar-refractivity contribution in [1.82, 2.24) is 10.0 Å². The van der Waals surface area contributed by atoms with Crippen LogP contribution in [0.5, 0.6) is 0 Å². The normalized spacial score (nSPS) is 16.4. The van der Waals surface area contributed by atoms with Gasteiger partial charge in [-0.1, -0.05) is 54.8 Å². The van der Waals surface area contributed by atoms with Crippen molar-refractivity contribution in [1.29, 1.82) is 0 Å². The minimum Gasteiger partial charge on any atom is -0.334 e. The fourth-order valence-corrected chi connectivity index (χ4v) is 6.54. The van der Waals surface area contributed by atoms with Crippen LogP contribution in [0.1, 0.15) is 47.9 Å². The van der Waals surface area contributed by atoms with E-state index in [9.17, 15) is 13.2 Å². The highest BCUT2D eigenvalue weighted by atomic mass is 32.2. The Balaban J connectivity index is 1.38. The van der Waals surface area contributed by atoms with Gasteiger partial charge >= 0.3 is 6.03 Å². The SMILES string of the molecule is CNS(=O)(=O)c1ccc(CNC(=O)N2CC3(CCCC3)c3cc(-c4ccc(C)cc4C)ccc32)cc1. The highest BCUT2D eigenvalue weighted by Crippen LogP contribution is 2.51. The van der Waals surface area contributed by atoms with Crippen molar-refractivity contribution in [2.45, 2.75) is 56.4 Å². The summed E-state index contributed by atoms with van der Waals surface area (Å²) in [6.07, 6.45) is 4.57. The van der Waals surface area contributed by atoms with Crippen LogP contribution in [0.3, 0.4) is 0 Å². The predicted molar refractivity (Wildman–Crippen MR) is 144 cm³/mol. The van der Waals surface area contributed by atoms with Crippen molar-refractivity contribution in [3.63, 3.8) is 0 Å². The molecule has 0 saturated heterocycles. The largest absolute Gasteiger partial charge is 0.334 e. The molecule has 2 aliphatic rings. The van der Waals surface area contributed by atoms with E-state index < -0.39 is 10.0 Å². The summed E-state index contributed by atoms with van der Waals surface area (Å²) in [5.74, 6) is 0. The van der Waals surface area contributed by atoms with Gasteiger partial charge in [-0.25, -0.2) is 17.9 Å². The molecule has 1 fully saturated rings. The first-order valence-corrected chi connectivity index (χ1v) is 14.0. The van der Waals surface area contributed by atoms with Crippen LogP contribution in [-0.2, 0) is 22.0 Å². The molecular weight excluding hydrogens is 470 g/mol. The van der Waals surface area contributed by atoms with Crippen molar-refractivity contribution in [3.8, 4) is 11.1 Å². The molecule has 0 unspecified atom stereocenters. The second kappa shape index (κ2) is 9.37. The maximum atomic E-state index is 13.3. The number of amides is 2. The lowest BCUT2D eigenvalue weighted by atomic mass is 9.79. The molecule has 0 bridgehead atoms. The van der Waals surface area contributed by atoms with E-state index in [1.807, 2.05) is 4.90 Å². The highest BCUT2D eigenvalue weighted by molar-refractivity contribution is 7.89. The predicted octanol–water partition coefficient (Wildman–Crippen LogP) is 5.42. The van der Waals surface area contributed by atoms with Crippen LogP contribution >= 0.6 is 0 Å². The maximum Gasteiger partial charge on any atom is 0.322 e. The zero-order valence-corrected chi connectivity index (χ0v) is 21.9. The van der Waals surface area contributed by atoms with E-state index in [0.717, 1.165) is 24.1 Å². The van der Waals surface area contributed by atoms with Gasteiger partial charge in [-0.3, -0.25) is 4.90 Å². The number of nitrogens with one attached hydrogen (secondary N) is 2. The lowest BCUT2D eigenvalue weighted by Gasteiger charge is -2.25. The second-order valence-electron chi connectivity index (χ2n) is 10.1. The van der Waals surface area contributed by atoms with E-state index in [-0.39, 0.29) is 16.3 Å². The molecule has 36 heavy (non-hydrogen) atoms. The monoisotopic (exact) mass is 503 g/mol. The molecule has 0 aromatic heterocycles. The molecule has 1 spiro atoms. The summed E-state index contributed by atoms with van der Waals surface area (Å²) in [6, 6.07) is 19.6. The molecule has 0 atom stereocenters. The molecule has 6 nitrogen and oxygen atoms in total. The van der Waals surface area contributed by atoms with Crippen molar-refractivity contribution >= 4 is 21.7 Å². The molecule has 2 amide bonds. The van der Waals surface area contributed by atoms with E-state index in [0.29, 0.717) is 13.1 Å². The summed E-state index contributed by atoms with van der Waals surface area (Å²) in [4.78, 5) is 15.4. The molecular formula is C29H33N3O3S. The molecule has 1 aliphatic carbocycles. The second-order valence-corrected chi connectivity index (χ2v) is 12.0. The number of sulfonamides is 1. The number of carbonyl (C=O) groups is 1. The summed E-state index contributed by atoms with van der Waals surface area (Å²) < 4.78 is 26.2. The number of rotatable bonds is 5. The number of fused-ring (bicyclic) bond motifs is 2. The van der Waals surface area contributed by atoms with Gasteiger partial charge in [0, 0.05) is 24.2 Å². The van der Waals surface area contributed by atoms with Crippen molar-refractivity contribution < 1.29 is 13.2 Å². The highest BCUT2D eigenvalue weighted by Gasteiger charge is 2.46. The minimum atomic E-state index is -3.48. The number of hydrogen-bond donors (Lipinski definition) is 2. The average Bonchev–Trinajstić information content (AvgIpc) is 3.48. The quantitative estimate of drug-likeness (QED) is 0.488. The Labute approximate surface area is 213 Å². The third-order valence-corrected chi connectivity index (χ3v) is 9.19. The van der Waals surface area contributed by atoms with Gasteiger partial charge in [0.25, 0.3) is 0 Å². The van der Waals surface area contributed by atoms with Gasteiger partial charge in [0.1, 0.15) is 0 Å². The molecule has 1 aliphatic heterocycles. The van der Waals surface area contributed by atoms with E-state index >= 15 is 0 Å². The summed E-state index contributed by atoms with van der Waals surface area (Å²) in [5.41, 5.74) is 8.11. The third-order valence-electron chi connectivity index (χ3n) is 7.76. The van der Waals surface area contributed by atoms with Crippen molar-refractivity contribution in [2.75, 3.05) is 18.5 Å². The fourth-order valence-electron chi connectivity index (χ4n) is 5.81. The number of aryl methyl sites for hydroxylation is 2. The minimum absolute atomic E-state index is 0.0183. The number of nitrogens with zero attached hydrogens (tertiary/aromatic N) is 1. The van der Waals surface area contributed by atoms with Gasteiger partial charge in [-0.2, -0.15) is 0 Å². The first-order chi connectivity index (χ1) is 17.2. The number of urea groups is 1. The van der Waals surface area contributed by atoms with Crippen LogP contribution in [0.2, 0.25) is 0 Å². The number of hydrogen-bond acceptors (Lipinski definition) is 3. The van der Waals surface area contributed by atoms with Crippen LogP contribution in [0.25, 0.3) is 11.1 Å². The Bertz CT molecular complexity index is 1410. The standard InChI is InChI=1S/C29H33N3O3S/c1-20-6-12-25(21(2)16-20)23-9-13-27-26(17-23)29(14-4-5-15-29)19-32(27)28(33)31-18-22-7-10-24(11-8-22)36(34,35)30-3/h6-13,16-17,30H,4-5,14-15,18-19H2,1-3H3,(H,31,33). The summed E-state index contributed by atoms with van der Waals surface area (Å²) in [5, 5.41) is 3.04. The summed E-state index contributed by atoms with van der Waals surface area (Å²) >= 11 is 0. The third kappa shape index (κ3) is 4.42. The summed E-state index contributed by atoms with van der Waals surface area (Å²) in [7, 11) is -2.09. The van der Waals surface area contributed by atoms with Gasteiger partial charge in [0.05, 0.1) is 4.90 Å². The number of anilines is 1. The zero-order chi connectivity index (χ0) is 25.5. The van der Waals surface area contributed by atoms with E-state index in [1.165, 1.54) is 47.7 Å². The summed E-state index contributed by atoms with van der Waals surface area (Å²) in [6.45, 7) is 5.30. The van der Waals surface area contributed by atoms with E-state index in [2.05, 4.69) is 60.3 Å². The number of benzene rings is 3. The Morgan fingerprint density at radius 1 is 0.972 bits per heavy atom. The lowest BCUT2D eigenvalue weighted by molar-refractivity contribution is 0.245. The van der Waals surface area contributed by atoms with Crippen molar-refractivity contribution in [3.05, 3.63) is 82.9 Å². The maximum absolute atomic E-state index is 13.3. The Morgan fingerprint density at radius 2 is 1.69 bits per heavy atom. The van der Waals surface area contributed by atoms with Crippen LogP contribution in [-0.4, -0.2) is 28.0 Å². The average molecular weight is 504 g/mol. The first kappa shape index (κ1) is 24.5. The zero-order valence-electron chi connectivity index (χ0n) is 21.1. The molecule has 1 saturated carbocycles. The van der Waals surface area contributed by atoms with Crippen LogP contribution in [0, 0.1) is 13.8 Å². The Morgan fingerprint density at radius 3 is 2.36 bits per heavy atom. The van der Waals surface area contributed by atoms with Crippen LogP contribution in [0.15, 0.2) is 65.6 Å². The molecule has 7 heteroatoms. The first-order valence-electron chi connectivity index (χ1n) is 12.5. The molecule has 3 aromatic carbocycles. The van der Waals surface area contributed by atoms with Gasteiger partial charge in [-0.15, -0.1) is 0 Å². The smallest absolute Gasteiger partial charge is 0.322 e. The topological polar surface area (TPSA) is 78.5 Å². The molecule has 1 heterocycles.